The van der Waals surface area contributed by atoms with Crippen LogP contribution in [0.3, 0.4) is 0 Å². The topological polar surface area (TPSA) is 123 Å². The molecule has 0 saturated carbocycles. The van der Waals surface area contributed by atoms with Crippen LogP contribution in [0.25, 0.3) is 11.3 Å². The number of nitrogens with zero attached hydrogens (tertiary/aromatic N) is 3. The molecule has 1 aromatic carbocycles. The van der Waals surface area contributed by atoms with Crippen molar-refractivity contribution in [3.63, 3.8) is 0 Å². The number of phenols is 1. The van der Waals surface area contributed by atoms with Gasteiger partial charge in [-0.2, -0.15) is 13.2 Å². The van der Waals surface area contributed by atoms with Crippen molar-refractivity contribution in [2.24, 2.45) is 10.7 Å². The lowest BCUT2D eigenvalue weighted by atomic mass is 10.0. The average Bonchev–Trinajstić information content (AvgIpc) is 2.72. The molecule has 1 aliphatic rings. The van der Waals surface area contributed by atoms with E-state index in [4.69, 9.17) is 10.5 Å². The molecule has 1 aliphatic heterocycles. The van der Waals surface area contributed by atoms with Crippen molar-refractivity contribution in [2.45, 2.75) is 32.0 Å². The molecule has 166 valence electrons. The van der Waals surface area contributed by atoms with E-state index in [0.717, 1.165) is 17.8 Å². The second kappa shape index (κ2) is 9.40. The van der Waals surface area contributed by atoms with Crippen molar-refractivity contribution in [1.29, 1.82) is 0 Å². The van der Waals surface area contributed by atoms with Gasteiger partial charge in [0.05, 0.1) is 11.3 Å². The van der Waals surface area contributed by atoms with Crippen molar-refractivity contribution in [3.8, 4) is 17.0 Å². The van der Waals surface area contributed by atoms with Gasteiger partial charge in [-0.25, -0.2) is 4.99 Å². The van der Waals surface area contributed by atoms with Crippen LogP contribution in [0, 0.1) is 6.92 Å². The number of ether oxygens (including phenoxy) is 1. The molecule has 0 amide bonds. The van der Waals surface area contributed by atoms with Gasteiger partial charge in [-0.3, -0.25) is 10.1 Å². The molecule has 0 radical (unpaired) electrons. The Balaban J connectivity index is 1.71. The van der Waals surface area contributed by atoms with Crippen molar-refractivity contribution < 1.29 is 27.8 Å². The van der Waals surface area contributed by atoms with Gasteiger partial charge in [0, 0.05) is 24.4 Å². The average molecular weight is 437 g/mol. The summed E-state index contributed by atoms with van der Waals surface area (Å²) < 4.78 is 43.4. The molecule has 3 rings (SSSR count). The lowest BCUT2D eigenvalue weighted by Crippen LogP contribution is -2.45. The van der Waals surface area contributed by atoms with Crippen LogP contribution in [0.4, 0.5) is 19.0 Å². The Morgan fingerprint density at radius 3 is 2.71 bits per heavy atom. The van der Waals surface area contributed by atoms with Gasteiger partial charge in [-0.15, -0.1) is 10.2 Å². The van der Waals surface area contributed by atoms with Crippen molar-refractivity contribution in [3.05, 3.63) is 35.4 Å². The standard InChI is InChI=1S/C20H22F3N5O3/c1-11-8-17(26-13-3-5-15(25-10-13)19(30)31-7-6-24)27-28-18(11)14-4-2-12(9-16(14)29)20(21,22)23/h2,4,8-9,15,25,29H,3,5-7,10,24H2,1H3/t15-/m0/s1. The Kier molecular flexibility index (Phi) is 6.86. The maximum atomic E-state index is 12.8. The lowest BCUT2D eigenvalue weighted by molar-refractivity contribution is -0.146. The first-order valence-electron chi connectivity index (χ1n) is 9.60. The molecule has 0 aliphatic carbocycles. The maximum Gasteiger partial charge on any atom is 0.416 e. The van der Waals surface area contributed by atoms with E-state index in [1.165, 1.54) is 0 Å². The minimum atomic E-state index is -4.55. The SMILES string of the molecule is Cc1cc(N=C2CC[C@@H](C(=O)OCCN)NC2)nnc1-c1ccc(C(F)(F)F)cc1O. The van der Waals surface area contributed by atoms with Crippen LogP contribution in [0.2, 0.25) is 0 Å². The fourth-order valence-electron chi connectivity index (χ4n) is 3.16. The molecule has 1 atom stereocenters. The largest absolute Gasteiger partial charge is 0.507 e. The third-order valence-corrected chi connectivity index (χ3v) is 4.75. The van der Waals surface area contributed by atoms with Gasteiger partial charge in [0.25, 0.3) is 0 Å². The Hall–Kier alpha value is -3.05. The van der Waals surface area contributed by atoms with Crippen molar-refractivity contribution in [1.82, 2.24) is 15.5 Å². The van der Waals surface area contributed by atoms with E-state index in [9.17, 15) is 23.1 Å². The molecule has 1 saturated heterocycles. The van der Waals surface area contributed by atoms with Crippen LogP contribution in [0.5, 0.6) is 5.75 Å². The van der Waals surface area contributed by atoms with Crippen LogP contribution >= 0.6 is 0 Å². The second-order valence-electron chi connectivity index (χ2n) is 7.07. The van der Waals surface area contributed by atoms with Crippen LogP contribution in [0.1, 0.15) is 24.0 Å². The number of benzene rings is 1. The number of esters is 1. The lowest BCUT2D eigenvalue weighted by Gasteiger charge is -2.23. The number of aromatic nitrogens is 2. The first-order chi connectivity index (χ1) is 14.7. The number of aliphatic imine (C=N–C) groups is 1. The van der Waals surface area contributed by atoms with E-state index in [-0.39, 0.29) is 30.4 Å². The fraction of sp³-hybridized carbons (Fsp3) is 0.400. The Morgan fingerprint density at radius 1 is 1.35 bits per heavy atom. The van der Waals surface area contributed by atoms with Crippen molar-refractivity contribution in [2.75, 3.05) is 19.7 Å². The normalized spacial score (nSPS) is 18.2. The summed E-state index contributed by atoms with van der Waals surface area (Å²) in [6, 6.07) is 3.92. The number of carbonyl (C=O) groups is 1. The number of hydrogen-bond acceptors (Lipinski definition) is 8. The van der Waals surface area contributed by atoms with E-state index in [2.05, 4.69) is 20.5 Å². The van der Waals surface area contributed by atoms with Gasteiger partial charge < -0.3 is 15.6 Å². The minimum absolute atomic E-state index is 0.148. The summed E-state index contributed by atoms with van der Waals surface area (Å²) in [6.07, 6.45) is -3.46. The molecule has 0 bridgehead atoms. The first-order valence-corrected chi connectivity index (χ1v) is 9.60. The molecule has 0 spiro atoms. The zero-order valence-corrected chi connectivity index (χ0v) is 16.7. The predicted octanol–water partition coefficient (Wildman–Crippen LogP) is 2.50. The number of hydrogen-bond donors (Lipinski definition) is 3. The molecule has 4 N–H and O–H groups in total. The summed E-state index contributed by atoms with van der Waals surface area (Å²) in [4.78, 5) is 16.3. The molecule has 31 heavy (non-hydrogen) atoms. The highest BCUT2D eigenvalue weighted by Crippen LogP contribution is 2.37. The van der Waals surface area contributed by atoms with Gasteiger partial charge in [0.1, 0.15) is 18.4 Å². The number of phenolic OH excluding ortho intramolecular Hbond substituents is 1. The third kappa shape index (κ3) is 5.56. The van der Waals surface area contributed by atoms with Crippen LogP contribution in [-0.4, -0.2) is 52.7 Å². The summed E-state index contributed by atoms with van der Waals surface area (Å²) in [7, 11) is 0. The van der Waals surface area contributed by atoms with Gasteiger partial charge in [-0.1, -0.05) is 0 Å². The summed E-state index contributed by atoms with van der Waals surface area (Å²) in [5.74, 6) is -0.551. The van der Waals surface area contributed by atoms with E-state index >= 15 is 0 Å². The van der Waals surface area contributed by atoms with E-state index in [1.54, 1.807) is 13.0 Å². The summed E-state index contributed by atoms with van der Waals surface area (Å²) in [5.41, 5.74) is 6.16. The van der Waals surface area contributed by atoms with Gasteiger partial charge >= 0.3 is 12.1 Å². The summed E-state index contributed by atoms with van der Waals surface area (Å²) >= 11 is 0. The Labute approximate surface area is 176 Å². The molecule has 8 nitrogen and oxygen atoms in total. The number of alkyl halides is 3. The molecule has 1 fully saturated rings. The minimum Gasteiger partial charge on any atom is -0.507 e. The third-order valence-electron chi connectivity index (χ3n) is 4.75. The second-order valence-corrected chi connectivity index (χ2v) is 7.07. The van der Waals surface area contributed by atoms with E-state index in [1.807, 2.05) is 0 Å². The highest BCUT2D eigenvalue weighted by atomic mass is 19.4. The zero-order chi connectivity index (χ0) is 22.6. The number of rotatable bonds is 5. The molecular weight excluding hydrogens is 415 g/mol. The molecule has 2 heterocycles. The number of nitrogens with two attached hydrogens (primary N) is 1. The molecule has 0 unspecified atom stereocenters. The number of aryl methyl sites for hydroxylation is 1. The molecule has 1 aromatic heterocycles. The van der Waals surface area contributed by atoms with Crippen LogP contribution in [-0.2, 0) is 15.7 Å². The number of carbonyl (C=O) groups excluding carboxylic acids is 1. The van der Waals surface area contributed by atoms with Gasteiger partial charge in [0.2, 0.25) is 0 Å². The summed E-state index contributed by atoms with van der Waals surface area (Å²) in [5, 5.41) is 21.1. The highest BCUT2D eigenvalue weighted by Gasteiger charge is 2.31. The van der Waals surface area contributed by atoms with Crippen LogP contribution in [0.15, 0.2) is 29.3 Å². The quantitative estimate of drug-likeness (QED) is 0.614. The molecular formula is C20H22F3N5O3. The highest BCUT2D eigenvalue weighted by molar-refractivity contribution is 5.91. The zero-order valence-electron chi connectivity index (χ0n) is 16.7. The summed E-state index contributed by atoms with van der Waals surface area (Å²) in [6.45, 7) is 2.52. The molecule has 2 aromatic rings. The van der Waals surface area contributed by atoms with Gasteiger partial charge in [0.15, 0.2) is 5.82 Å². The number of nitrogens with one attached hydrogen (secondary N) is 1. The molecule has 11 heteroatoms. The fourth-order valence-corrected chi connectivity index (χ4v) is 3.16. The van der Waals surface area contributed by atoms with Crippen LogP contribution < -0.4 is 11.1 Å². The smallest absolute Gasteiger partial charge is 0.416 e. The first kappa shape index (κ1) is 22.6. The van der Waals surface area contributed by atoms with Gasteiger partial charge in [-0.05, 0) is 49.6 Å². The Morgan fingerprint density at radius 2 is 2.13 bits per heavy atom. The number of piperidine rings is 1. The van der Waals surface area contributed by atoms with E-state index in [0.29, 0.717) is 36.8 Å². The maximum absolute atomic E-state index is 12.8. The van der Waals surface area contributed by atoms with Crippen molar-refractivity contribution >= 4 is 17.5 Å². The Bertz CT molecular complexity index is 985. The monoisotopic (exact) mass is 437 g/mol. The number of aromatic hydroxyl groups is 1. The number of halogens is 3. The van der Waals surface area contributed by atoms with E-state index < -0.39 is 23.5 Å². The predicted molar refractivity (Wildman–Crippen MR) is 107 cm³/mol.